The van der Waals surface area contributed by atoms with Gasteiger partial charge in [0.25, 0.3) is 0 Å². The Kier molecular flexibility index (Phi) is 2.47. The molecule has 4 heteroatoms. The Morgan fingerprint density at radius 2 is 2.18 bits per heavy atom. The minimum absolute atomic E-state index is 0.595. The van der Waals surface area contributed by atoms with E-state index >= 15 is 0 Å². The van der Waals surface area contributed by atoms with E-state index in [4.69, 9.17) is 5.73 Å². The topological polar surface area (TPSA) is 48.2 Å². The number of fused-ring (bicyclic) bond motifs is 1. The molecular formula is C13H20N4. The van der Waals surface area contributed by atoms with Crippen molar-refractivity contribution >= 4 is 5.65 Å². The SMILES string of the molecule is CC(C)Cn1ccn2nc(C3CC3)c(CN)c12. The molecule has 2 N–H and O–H groups in total. The summed E-state index contributed by atoms with van der Waals surface area (Å²) in [6.07, 6.45) is 6.70. The average Bonchev–Trinajstić information content (AvgIpc) is 2.96. The van der Waals surface area contributed by atoms with Gasteiger partial charge in [0.1, 0.15) is 5.65 Å². The molecule has 0 aromatic carbocycles. The van der Waals surface area contributed by atoms with Crippen molar-refractivity contribution in [1.29, 1.82) is 0 Å². The zero-order valence-corrected chi connectivity index (χ0v) is 10.6. The van der Waals surface area contributed by atoms with Crippen molar-refractivity contribution in [3.05, 3.63) is 23.7 Å². The fourth-order valence-corrected chi connectivity index (χ4v) is 2.52. The van der Waals surface area contributed by atoms with E-state index in [1.54, 1.807) is 0 Å². The van der Waals surface area contributed by atoms with Crippen molar-refractivity contribution < 1.29 is 0 Å². The number of rotatable bonds is 4. The molecule has 1 aliphatic carbocycles. The zero-order valence-electron chi connectivity index (χ0n) is 10.6. The average molecular weight is 232 g/mol. The van der Waals surface area contributed by atoms with Crippen molar-refractivity contribution in [2.75, 3.05) is 0 Å². The molecule has 3 rings (SSSR count). The third-order valence-electron chi connectivity index (χ3n) is 3.40. The van der Waals surface area contributed by atoms with E-state index in [9.17, 15) is 0 Å². The molecule has 0 amide bonds. The summed E-state index contributed by atoms with van der Waals surface area (Å²) in [6.45, 7) is 6.09. The highest BCUT2D eigenvalue weighted by atomic mass is 15.3. The van der Waals surface area contributed by atoms with Gasteiger partial charge in [0.2, 0.25) is 0 Å². The second-order valence-electron chi connectivity index (χ2n) is 5.45. The monoisotopic (exact) mass is 232 g/mol. The van der Waals surface area contributed by atoms with Gasteiger partial charge in [-0.15, -0.1) is 0 Å². The predicted octanol–water partition coefficient (Wildman–Crippen LogP) is 2.13. The molecule has 0 spiro atoms. The molecular weight excluding hydrogens is 212 g/mol. The van der Waals surface area contributed by atoms with Gasteiger partial charge < -0.3 is 10.3 Å². The number of nitrogens with two attached hydrogens (primary N) is 1. The van der Waals surface area contributed by atoms with Crippen LogP contribution in [0.15, 0.2) is 12.4 Å². The number of aromatic nitrogens is 3. The standard InChI is InChI=1S/C13H20N4/c1-9(2)8-16-5-6-17-13(16)11(7-14)12(15-17)10-3-4-10/h5-6,9-10H,3-4,7-8,14H2,1-2H3. The highest BCUT2D eigenvalue weighted by molar-refractivity contribution is 5.53. The first-order chi connectivity index (χ1) is 8.20. The van der Waals surface area contributed by atoms with E-state index < -0.39 is 0 Å². The van der Waals surface area contributed by atoms with E-state index in [0.717, 1.165) is 6.54 Å². The molecule has 0 atom stereocenters. The highest BCUT2D eigenvalue weighted by Crippen LogP contribution is 2.41. The molecule has 0 bridgehead atoms. The minimum atomic E-state index is 0.595. The minimum Gasteiger partial charge on any atom is -0.331 e. The second kappa shape index (κ2) is 3.88. The van der Waals surface area contributed by atoms with Crippen molar-refractivity contribution in [2.24, 2.45) is 11.7 Å². The summed E-state index contributed by atoms with van der Waals surface area (Å²) in [5.74, 6) is 1.30. The first-order valence-corrected chi connectivity index (χ1v) is 6.47. The van der Waals surface area contributed by atoms with Crippen LogP contribution in [0.25, 0.3) is 5.65 Å². The lowest BCUT2D eigenvalue weighted by atomic mass is 10.1. The van der Waals surface area contributed by atoms with Crippen LogP contribution in [-0.2, 0) is 13.1 Å². The van der Waals surface area contributed by atoms with Gasteiger partial charge in [-0.2, -0.15) is 5.10 Å². The summed E-state index contributed by atoms with van der Waals surface area (Å²) in [4.78, 5) is 0. The summed E-state index contributed by atoms with van der Waals surface area (Å²) in [5.41, 5.74) is 9.60. The zero-order chi connectivity index (χ0) is 12.0. The Morgan fingerprint density at radius 3 is 2.76 bits per heavy atom. The van der Waals surface area contributed by atoms with Crippen LogP contribution >= 0.6 is 0 Å². The number of hydrogen-bond donors (Lipinski definition) is 1. The fourth-order valence-electron chi connectivity index (χ4n) is 2.52. The van der Waals surface area contributed by atoms with Crippen LogP contribution in [0.4, 0.5) is 0 Å². The molecule has 2 aromatic heterocycles. The maximum absolute atomic E-state index is 5.92. The van der Waals surface area contributed by atoms with E-state index in [-0.39, 0.29) is 0 Å². The lowest BCUT2D eigenvalue weighted by Crippen LogP contribution is -2.06. The van der Waals surface area contributed by atoms with Crippen LogP contribution in [0, 0.1) is 5.92 Å². The Hall–Kier alpha value is -1.29. The van der Waals surface area contributed by atoms with Crippen LogP contribution in [0.2, 0.25) is 0 Å². The molecule has 1 fully saturated rings. The molecule has 92 valence electrons. The molecule has 1 saturated carbocycles. The fraction of sp³-hybridized carbons (Fsp3) is 0.615. The highest BCUT2D eigenvalue weighted by Gasteiger charge is 2.30. The molecule has 4 nitrogen and oxygen atoms in total. The van der Waals surface area contributed by atoms with Crippen molar-refractivity contribution in [2.45, 2.75) is 45.7 Å². The molecule has 0 aliphatic heterocycles. The third kappa shape index (κ3) is 1.76. The predicted molar refractivity (Wildman–Crippen MR) is 67.9 cm³/mol. The molecule has 2 heterocycles. The summed E-state index contributed by atoms with van der Waals surface area (Å²) < 4.78 is 4.28. The maximum Gasteiger partial charge on any atom is 0.140 e. The Morgan fingerprint density at radius 1 is 1.41 bits per heavy atom. The van der Waals surface area contributed by atoms with Gasteiger partial charge in [0.05, 0.1) is 5.69 Å². The number of imidazole rings is 1. The Labute approximate surface area is 101 Å². The molecule has 0 radical (unpaired) electrons. The van der Waals surface area contributed by atoms with E-state index in [1.165, 1.54) is 29.7 Å². The quantitative estimate of drug-likeness (QED) is 0.877. The summed E-state index contributed by atoms with van der Waals surface area (Å²) >= 11 is 0. The van der Waals surface area contributed by atoms with Gasteiger partial charge in [0.15, 0.2) is 0 Å². The number of nitrogens with zero attached hydrogens (tertiary/aromatic N) is 3. The normalized spacial score (nSPS) is 16.2. The van der Waals surface area contributed by atoms with Crippen LogP contribution in [-0.4, -0.2) is 14.2 Å². The lowest BCUT2D eigenvalue weighted by molar-refractivity contribution is 0.533. The summed E-state index contributed by atoms with van der Waals surface area (Å²) in [7, 11) is 0. The largest absolute Gasteiger partial charge is 0.331 e. The van der Waals surface area contributed by atoms with Crippen LogP contribution in [0.3, 0.4) is 0 Å². The van der Waals surface area contributed by atoms with Gasteiger partial charge in [-0.1, -0.05) is 13.8 Å². The van der Waals surface area contributed by atoms with Crippen LogP contribution in [0.1, 0.15) is 43.9 Å². The van der Waals surface area contributed by atoms with E-state index in [2.05, 4.69) is 29.7 Å². The molecule has 0 saturated heterocycles. The second-order valence-corrected chi connectivity index (χ2v) is 5.45. The van der Waals surface area contributed by atoms with Crippen LogP contribution < -0.4 is 5.73 Å². The van der Waals surface area contributed by atoms with E-state index in [0.29, 0.717) is 18.4 Å². The molecule has 1 aliphatic rings. The van der Waals surface area contributed by atoms with Gasteiger partial charge in [-0.3, -0.25) is 0 Å². The first-order valence-electron chi connectivity index (χ1n) is 6.47. The lowest BCUT2D eigenvalue weighted by Gasteiger charge is -2.08. The maximum atomic E-state index is 5.92. The third-order valence-corrected chi connectivity index (χ3v) is 3.40. The van der Waals surface area contributed by atoms with E-state index in [1.807, 2.05) is 10.7 Å². The number of hydrogen-bond acceptors (Lipinski definition) is 2. The van der Waals surface area contributed by atoms with Gasteiger partial charge >= 0.3 is 0 Å². The molecule has 2 aromatic rings. The van der Waals surface area contributed by atoms with Crippen molar-refractivity contribution in [1.82, 2.24) is 14.2 Å². The van der Waals surface area contributed by atoms with Gasteiger partial charge in [-0.25, -0.2) is 4.52 Å². The molecule has 0 unspecified atom stereocenters. The smallest absolute Gasteiger partial charge is 0.140 e. The first kappa shape index (κ1) is 10.8. The Balaban J connectivity index is 2.11. The molecule has 17 heavy (non-hydrogen) atoms. The van der Waals surface area contributed by atoms with Crippen molar-refractivity contribution in [3.63, 3.8) is 0 Å². The van der Waals surface area contributed by atoms with Gasteiger partial charge in [0, 0.05) is 37.0 Å². The summed E-state index contributed by atoms with van der Waals surface area (Å²) in [5, 5.41) is 4.69. The van der Waals surface area contributed by atoms with Gasteiger partial charge in [-0.05, 0) is 18.8 Å². The van der Waals surface area contributed by atoms with Crippen molar-refractivity contribution in [3.8, 4) is 0 Å². The summed E-state index contributed by atoms with van der Waals surface area (Å²) in [6, 6.07) is 0. The van der Waals surface area contributed by atoms with Crippen LogP contribution in [0.5, 0.6) is 0 Å². The Bertz CT molecular complexity index is 531.